The molecule has 0 saturated heterocycles. The lowest BCUT2D eigenvalue weighted by Gasteiger charge is -2.13. The maximum absolute atomic E-state index is 6.24. The number of benzene rings is 1. The van der Waals surface area contributed by atoms with Gasteiger partial charge in [0, 0.05) is 4.88 Å². The van der Waals surface area contributed by atoms with Crippen molar-refractivity contribution in [1.82, 2.24) is 0 Å². The summed E-state index contributed by atoms with van der Waals surface area (Å²) >= 11 is 1.73. The van der Waals surface area contributed by atoms with Crippen molar-refractivity contribution in [3.63, 3.8) is 0 Å². The number of thiophene rings is 1. The van der Waals surface area contributed by atoms with Crippen molar-refractivity contribution in [2.75, 3.05) is 7.11 Å². The first-order valence-corrected chi connectivity index (χ1v) is 6.04. The van der Waals surface area contributed by atoms with E-state index >= 15 is 0 Å². The number of ether oxygens (including phenoxy) is 1. The van der Waals surface area contributed by atoms with Crippen molar-refractivity contribution in [3.8, 4) is 5.75 Å². The minimum atomic E-state index is -0.0682. The highest BCUT2D eigenvalue weighted by atomic mass is 32.1. The topological polar surface area (TPSA) is 35.2 Å². The van der Waals surface area contributed by atoms with Crippen LogP contribution in [0.2, 0.25) is 0 Å². The second kappa shape index (κ2) is 4.68. The molecule has 0 spiro atoms. The molecule has 0 radical (unpaired) electrons. The van der Waals surface area contributed by atoms with E-state index in [-0.39, 0.29) is 6.04 Å². The van der Waals surface area contributed by atoms with Crippen LogP contribution < -0.4 is 10.5 Å². The van der Waals surface area contributed by atoms with Gasteiger partial charge in [0.05, 0.1) is 13.2 Å². The van der Waals surface area contributed by atoms with Crippen LogP contribution >= 0.6 is 11.3 Å². The van der Waals surface area contributed by atoms with Crippen LogP contribution in [0.1, 0.15) is 22.0 Å². The Balaban J connectivity index is 2.33. The Morgan fingerprint density at radius 3 is 2.75 bits per heavy atom. The van der Waals surface area contributed by atoms with E-state index in [1.165, 1.54) is 10.4 Å². The lowest BCUT2D eigenvalue weighted by Crippen LogP contribution is -2.11. The molecule has 2 aromatic rings. The largest absolute Gasteiger partial charge is 0.497 e. The van der Waals surface area contributed by atoms with Crippen molar-refractivity contribution in [2.45, 2.75) is 13.0 Å². The van der Waals surface area contributed by atoms with E-state index in [9.17, 15) is 0 Å². The fourth-order valence-corrected chi connectivity index (χ4v) is 2.48. The summed E-state index contributed by atoms with van der Waals surface area (Å²) < 4.78 is 5.20. The molecule has 2 N–H and O–H groups in total. The van der Waals surface area contributed by atoms with Crippen LogP contribution in [0.3, 0.4) is 0 Å². The molecular weight excluding hydrogens is 218 g/mol. The van der Waals surface area contributed by atoms with Crippen LogP contribution in [0.25, 0.3) is 0 Å². The Bertz CT molecular complexity index is 478. The van der Waals surface area contributed by atoms with E-state index in [1.54, 1.807) is 18.4 Å². The number of nitrogens with two attached hydrogens (primary N) is 1. The average Bonchev–Trinajstić information content (AvgIpc) is 2.74. The molecule has 1 heterocycles. The van der Waals surface area contributed by atoms with Crippen molar-refractivity contribution in [1.29, 1.82) is 0 Å². The van der Waals surface area contributed by atoms with Gasteiger partial charge in [-0.15, -0.1) is 11.3 Å². The SMILES string of the molecule is COc1cccc(C(N)c2ccsc2C)c1. The highest BCUT2D eigenvalue weighted by Crippen LogP contribution is 2.27. The van der Waals surface area contributed by atoms with Gasteiger partial charge in [-0.3, -0.25) is 0 Å². The summed E-state index contributed by atoms with van der Waals surface area (Å²) in [5.41, 5.74) is 8.51. The van der Waals surface area contributed by atoms with Gasteiger partial charge in [-0.25, -0.2) is 0 Å². The molecular formula is C13H15NOS. The molecule has 1 aromatic heterocycles. The van der Waals surface area contributed by atoms with Crippen LogP contribution in [-0.2, 0) is 0 Å². The second-order valence-electron chi connectivity index (χ2n) is 3.69. The highest BCUT2D eigenvalue weighted by molar-refractivity contribution is 7.10. The molecule has 0 bridgehead atoms. The summed E-state index contributed by atoms with van der Waals surface area (Å²) in [6.45, 7) is 2.10. The van der Waals surface area contributed by atoms with E-state index < -0.39 is 0 Å². The maximum atomic E-state index is 6.24. The molecule has 2 rings (SSSR count). The summed E-state index contributed by atoms with van der Waals surface area (Å²) in [5, 5.41) is 2.07. The quantitative estimate of drug-likeness (QED) is 0.884. The molecule has 2 nitrogen and oxygen atoms in total. The van der Waals surface area contributed by atoms with Gasteiger partial charge in [-0.1, -0.05) is 12.1 Å². The zero-order chi connectivity index (χ0) is 11.5. The maximum Gasteiger partial charge on any atom is 0.119 e. The number of rotatable bonds is 3. The van der Waals surface area contributed by atoms with Gasteiger partial charge < -0.3 is 10.5 Å². The smallest absolute Gasteiger partial charge is 0.119 e. The zero-order valence-corrected chi connectivity index (χ0v) is 10.3. The van der Waals surface area contributed by atoms with Crippen molar-refractivity contribution in [3.05, 3.63) is 51.7 Å². The van der Waals surface area contributed by atoms with Gasteiger partial charge in [0.25, 0.3) is 0 Å². The van der Waals surface area contributed by atoms with E-state index in [1.807, 2.05) is 24.3 Å². The van der Waals surface area contributed by atoms with E-state index in [4.69, 9.17) is 10.5 Å². The fourth-order valence-electron chi connectivity index (χ4n) is 1.73. The van der Waals surface area contributed by atoms with Gasteiger partial charge in [-0.2, -0.15) is 0 Å². The van der Waals surface area contributed by atoms with Gasteiger partial charge in [0.1, 0.15) is 5.75 Å². The normalized spacial score (nSPS) is 12.4. The van der Waals surface area contributed by atoms with Gasteiger partial charge in [0.15, 0.2) is 0 Å². The Kier molecular flexibility index (Phi) is 3.27. The first kappa shape index (κ1) is 11.2. The Labute approximate surface area is 99.7 Å². The van der Waals surface area contributed by atoms with Crippen molar-refractivity contribution < 1.29 is 4.74 Å². The summed E-state index contributed by atoms with van der Waals surface area (Å²) in [6.07, 6.45) is 0. The second-order valence-corrected chi connectivity index (χ2v) is 4.81. The van der Waals surface area contributed by atoms with Gasteiger partial charge in [0.2, 0.25) is 0 Å². The molecule has 84 valence electrons. The fraction of sp³-hybridized carbons (Fsp3) is 0.231. The average molecular weight is 233 g/mol. The molecule has 1 aromatic carbocycles. The first-order valence-electron chi connectivity index (χ1n) is 5.16. The summed E-state index contributed by atoms with van der Waals surface area (Å²) in [4.78, 5) is 1.27. The highest BCUT2D eigenvalue weighted by Gasteiger charge is 2.12. The van der Waals surface area contributed by atoms with Crippen LogP contribution in [0, 0.1) is 6.92 Å². The summed E-state index contributed by atoms with van der Waals surface area (Å²) in [6, 6.07) is 9.93. The molecule has 0 aliphatic carbocycles. The van der Waals surface area contributed by atoms with Crippen LogP contribution in [0.15, 0.2) is 35.7 Å². The molecule has 0 saturated carbocycles. The predicted octanol–water partition coefficient (Wildman–Crippen LogP) is 3.11. The first-order chi connectivity index (χ1) is 7.72. The zero-order valence-electron chi connectivity index (χ0n) is 9.44. The minimum absolute atomic E-state index is 0.0682. The monoisotopic (exact) mass is 233 g/mol. The lowest BCUT2D eigenvalue weighted by atomic mass is 10.0. The Hall–Kier alpha value is -1.32. The third kappa shape index (κ3) is 2.10. The standard InChI is InChI=1S/C13H15NOS/c1-9-12(6-7-16-9)13(14)10-4-3-5-11(8-10)15-2/h3-8,13H,14H2,1-2H3. The number of aryl methyl sites for hydroxylation is 1. The Morgan fingerprint density at radius 1 is 1.31 bits per heavy atom. The van der Waals surface area contributed by atoms with Gasteiger partial charge in [-0.05, 0) is 41.6 Å². The van der Waals surface area contributed by atoms with Crippen molar-refractivity contribution in [2.24, 2.45) is 5.73 Å². The summed E-state index contributed by atoms with van der Waals surface area (Å²) in [7, 11) is 1.67. The molecule has 3 heteroatoms. The Morgan fingerprint density at radius 2 is 2.12 bits per heavy atom. The third-order valence-electron chi connectivity index (χ3n) is 2.69. The van der Waals surface area contributed by atoms with E-state index in [0.717, 1.165) is 11.3 Å². The van der Waals surface area contributed by atoms with Crippen LogP contribution in [0.5, 0.6) is 5.75 Å². The molecule has 1 unspecified atom stereocenters. The predicted molar refractivity (Wildman–Crippen MR) is 68.1 cm³/mol. The molecule has 1 atom stereocenters. The van der Waals surface area contributed by atoms with E-state index in [2.05, 4.69) is 18.4 Å². The molecule has 0 aliphatic rings. The van der Waals surface area contributed by atoms with Crippen LogP contribution in [-0.4, -0.2) is 7.11 Å². The number of hydrogen-bond acceptors (Lipinski definition) is 3. The molecule has 0 amide bonds. The number of methoxy groups -OCH3 is 1. The lowest BCUT2D eigenvalue weighted by molar-refractivity contribution is 0.414. The van der Waals surface area contributed by atoms with Crippen LogP contribution in [0.4, 0.5) is 0 Å². The van der Waals surface area contributed by atoms with Gasteiger partial charge >= 0.3 is 0 Å². The number of hydrogen-bond donors (Lipinski definition) is 1. The molecule has 16 heavy (non-hydrogen) atoms. The van der Waals surface area contributed by atoms with Crippen molar-refractivity contribution >= 4 is 11.3 Å². The summed E-state index contributed by atoms with van der Waals surface area (Å²) in [5.74, 6) is 0.848. The molecule has 0 aliphatic heterocycles. The molecule has 0 fully saturated rings. The third-order valence-corrected chi connectivity index (χ3v) is 3.55. The minimum Gasteiger partial charge on any atom is -0.497 e. The van der Waals surface area contributed by atoms with E-state index in [0.29, 0.717) is 0 Å².